The fourth-order valence-electron chi connectivity index (χ4n) is 5.11. The van der Waals surface area contributed by atoms with Gasteiger partial charge in [-0.3, -0.25) is 14.5 Å². The Bertz CT molecular complexity index is 751. The highest BCUT2D eigenvalue weighted by Gasteiger charge is 2.43. The predicted octanol–water partition coefficient (Wildman–Crippen LogP) is 2.17. The van der Waals surface area contributed by atoms with Gasteiger partial charge in [0.15, 0.2) is 0 Å². The Morgan fingerprint density at radius 2 is 1.69 bits per heavy atom. The lowest BCUT2D eigenvalue weighted by Gasteiger charge is -2.52. The topological polar surface area (TPSA) is 53.1 Å². The molecule has 3 heterocycles. The molecule has 0 radical (unpaired) electrons. The third kappa shape index (κ3) is 4.05. The lowest BCUT2D eigenvalue weighted by molar-refractivity contribution is -0.145. The third-order valence-corrected chi connectivity index (χ3v) is 7.24. The summed E-state index contributed by atoms with van der Waals surface area (Å²) in [5.74, 6) is 0.415. The summed E-state index contributed by atoms with van der Waals surface area (Å²) in [6, 6.07) is 7.74. The van der Waals surface area contributed by atoms with Gasteiger partial charge in [0.05, 0.1) is 0 Å². The lowest BCUT2D eigenvalue weighted by Crippen LogP contribution is -2.64. The molecule has 0 saturated carbocycles. The van der Waals surface area contributed by atoms with Crippen molar-refractivity contribution in [1.29, 1.82) is 0 Å². The van der Waals surface area contributed by atoms with Crippen LogP contribution in [0.3, 0.4) is 0 Å². The molecule has 3 aliphatic heterocycles. The van der Waals surface area contributed by atoms with Crippen LogP contribution in [0.15, 0.2) is 24.3 Å². The van der Waals surface area contributed by atoms with Crippen LogP contribution in [-0.4, -0.2) is 85.0 Å². The zero-order valence-electron chi connectivity index (χ0n) is 17.7. The van der Waals surface area contributed by atoms with Gasteiger partial charge in [0.25, 0.3) is 5.91 Å². The van der Waals surface area contributed by atoms with E-state index in [-0.39, 0.29) is 23.3 Å². The molecule has 2 amide bonds. The molecule has 1 aromatic carbocycles. The van der Waals surface area contributed by atoms with E-state index in [1.54, 1.807) is 0 Å². The number of rotatable bonds is 2. The summed E-state index contributed by atoms with van der Waals surface area (Å²) in [6.07, 6.45) is 3.52. The molecule has 29 heavy (non-hydrogen) atoms. The van der Waals surface area contributed by atoms with Crippen molar-refractivity contribution in [2.45, 2.75) is 38.1 Å². The number of ether oxygens (including phenoxy) is 1. The van der Waals surface area contributed by atoms with Crippen LogP contribution in [0.1, 0.15) is 41.6 Å². The molecular formula is C23H33N3O3. The van der Waals surface area contributed by atoms with Crippen LogP contribution in [0.5, 0.6) is 0 Å². The number of likely N-dealkylation sites (N-methyl/N-ethyl adjacent to an activating group) is 1. The Morgan fingerprint density at radius 3 is 2.38 bits per heavy atom. The van der Waals surface area contributed by atoms with Gasteiger partial charge >= 0.3 is 0 Å². The number of carbonyl (C=O) groups excluding carboxylic acids is 2. The molecule has 0 atom stereocenters. The first-order valence-electron chi connectivity index (χ1n) is 10.9. The molecule has 3 saturated heterocycles. The van der Waals surface area contributed by atoms with Crippen molar-refractivity contribution in [1.82, 2.24) is 14.7 Å². The summed E-state index contributed by atoms with van der Waals surface area (Å²) in [7, 11) is 2.18. The van der Waals surface area contributed by atoms with Crippen LogP contribution in [-0.2, 0) is 9.53 Å². The van der Waals surface area contributed by atoms with Crippen LogP contribution in [0.4, 0.5) is 0 Å². The van der Waals surface area contributed by atoms with Gasteiger partial charge in [-0.05, 0) is 51.3 Å². The normalized spacial score (nSPS) is 23.4. The van der Waals surface area contributed by atoms with Crippen molar-refractivity contribution in [2.75, 3.05) is 53.0 Å². The number of carbonyl (C=O) groups is 2. The minimum absolute atomic E-state index is 0.0382. The van der Waals surface area contributed by atoms with E-state index >= 15 is 0 Å². The summed E-state index contributed by atoms with van der Waals surface area (Å²) in [5, 5.41) is 0. The quantitative estimate of drug-likeness (QED) is 0.765. The summed E-state index contributed by atoms with van der Waals surface area (Å²) in [4.78, 5) is 32.5. The van der Waals surface area contributed by atoms with Crippen LogP contribution in [0, 0.1) is 12.8 Å². The zero-order valence-corrected chi connectivity index (χ0v) is 17.7. The number of likely N-dealkylation sites (tertiary alicyclic amines) is 1. The summed E-state index contributed by atoms with van der Waals surface area (Å²) < 4.78 is 5.57. The minimum atomic E-state index is 0.0382. The third-order valence-electron chi connectivity index (χ3n) is 7.24. The van der Waals surface area contributed by atoms with Crippen molar-refractivity contribution in [3.05, 3.63) is 35.4 Å². The first-order chi connectivity index (χ1) is 14.0. The highest BCUT2D eigenvalue weighted by Crippen LogP contribution is 2.32. The first kappa shape index (κ1) is 20.4. The molecule has 3 aliphatic rings. The van der Waals surface area contributed by atoms with Crippen LogP contribution in [0.2, 0.25) is 0 Å². The summed E-state index contributed by atoms with van der Waals surface area (Å²) in [6.45, 7) is 7.41. The lowest BCUT2D eigenvalue weighted by atomic mass is 9.85. The fourth-order valence-corrected chi connectivity index (χ4v) is 5.11. The Kier molecular flexibility index (Phi) is 5.93. The van der Waals surface area contributed by atoms with Gasteiger partial charge in [0.2, 0.25) is 5.91 Å². The van der Waals surface area contributed by atoms with Gasteiger partial charge in [-0.25, -0.2) is 0 Å². The fraction of sp³-hybridized carbons (Fsp3) is 0.652. The largest absolute Gasteiger partial charge is 0.381 e. The number of hydrogen-bond acceptors (Lipinski definition) is 4. The van der Waals surface area contributed by atoms with Crippen LogP contribution in [0.25, 0.3) is 0 Å². The standard InChI is InChI=1S/C23H33N3O3/c1-18-5-3-4-6-20(18)22(28)25-11-7-19(8-12-25)21(27)26-14-13-24(2)23(17-26)9-15-29-16-10-23/h3-6,19H,7-17H2,1-2H3. The number of piperazine rings is 1. The highest BCUT2D eigenvalue weighted by atomic mass is 16.5. The molecular weight excluding hydrogens is 366 g/mol. The molecule has 0 aromatic heterocycles. The first-order valence-corrected chi connectivity index (χ1v) is 10.9. The van der Waals surface area contributed by atoms with Gasteiger partial charge < -0.3 is 14.5 Å². The molecule has 0 N–H and O–H groups in total. The van der Waals surface area contributed by atoms with E-state index in [9.17, 15) is 9.59 Å². The van der Waals surface area contributed by atoms with E-state index in [4.69, 9.17) is 4.74 Å². The second-order valence-corrected chi connectivity index (χ2v) is 8.90. The van der Waals surface area contributed by atoms with E-state index in [1.165, 1.54) is 0 Å². The number of hydrogen-bond donors (Lipinski definition) is 0. The maximum Gasteiger partial charge on any atom is 0.254 e. The van der Waals surface area contributed by atoms with Crippen molar-refractivity contribution >= 4 is 11.8 Å². The second-order valence-electron chi connectivity index (χ2n) is 8.90. The van der Waals surface area contributed by atoms with Crippen molar-refractivity contribution in [3.8, 4) is 0 Å². The summed E-state index contributed by atoms with van der Waals surface area (Å²) in [5.41, 5.74) is 1.86. The van der Waals surface area contributed by atoms with Crippen LogP contribution < -0.4 is 0 Å². The van der Waals surface area contributed by atoms with Gasteiger partial charge in [0, 0.05) is 63.0 Å². The average Bonchev–Trinajstić information content (AvgIpc) is 2.76. The molecule has 1 aromatic rings. The molecule has 6 nitrogen and oxygen atoms in total. The number of nitrogens with zero attached hydrogens (tertiary/aromatic N) is 3. The van der Waals surface area contributed by atoms with E-state index in [2.05, 4.69) is 16.8 Å². The van der Waals surface area contributed by atoms with Gasteiger partial charge in [-0.1, -0.05) is 18.2 Å². The highest BCUT2D eigenvalue weighted by molar-refractivity contribution is 5.95. The van der Waals surface area contributed by atoms with Gasteiger partial charge in [-0.2, -0.15) is 0 Å². The van der Waals surface area contributed by atoms with Crippen molar-refractivity contribution < 1.29 is 14.3 Å². The molecule has 0 bridgehead atoms. The molecule has 6 heteroatoms. The second kappa shape index (κ2) is 8.44. The van der Waals surface area contributed by atoms with E-state index in [0.29, 0.717) is 13.1 Å². The Labute approximate surface area is 173 Å². The maximum atomic E-state index is 13.3. The van der Waals surface area contributed by atoms with E-state index < -0.39 is 0 Å². The Hall–Kier alpha value is -1.92. The molecule has 0 aliphatic carbocycles. The number of amides is 2. The average molecular weight is 400 g/mol. The van der Waals surface area contributed by atoms with E-state index in [0.717, 1.165) is 69.7 Å². The number of piperidine rings is 1. The molecule has 158 valence electrons. The Balaban J connectivity index is 1.35. The monoisotopic (exact) mass is 399 g/mol. The molecule has 3 fully saturated rings. The van der Waals surface area contributed by atoms with Gasteiger partial charge in [-0.15, -0.1) is 0 Å². The molecule has 1 spiro atoms. The predicted molar refractivity (Wildman–Crippen MR) is 112 cm³/mol. The van der Waals surface area contributed by atoms with Crippen molar-refractivity contribution in [3.63, 3.8) is 0 Å². The molecule has 4 rings (SSSR count). The van der Waals surface area contributed by atoms with Gasteiger partial charge in [0.1, 0.15) is 0 Å². The number of aryl methyl sites for hydroxylation is 1. The zero-order chi connectivity index (χ0) is 20.4. The molecule has 0 unspecified atom stereocenters. The maximum absolute atomic E-state index is 13.3. The van der Waals surface area contributed by atoms with Crippen LogP contribution >= 0.6 is 0 Å². The minimum Gasteiger partial charge on any atom is -0.381 e. The smallest absolute Gasteiger partial charge is 0.254 e. The van der Waals surface area contributed by atoms with E-state index in [1.807, 2.05) is 36.1 Å². The Morgan fingerprint density at radius 1 is 1.00 bits per heavy atom. The van der Waals surface area contributed by atoms with Crippen molar-refractivity contribution in [2.24, 2.45) is 5.92 Å². The number of benzene rings is 1. The summed E-state index contributed by atoms with van der Waals surface area (Å²) >= 11 is 0. The SMILES string of the molecule is Cc1ccccc1C(=O)N1CCC(C(=O)N2CCN(C)C3(CCOCC3)C2)CC1.